The molecule has 5 nitrogen and oxygen atoms in total. The second-order valence-corrected chi connectivity index (χ2v) is 6.86. The summed E-state index contributed by atoms with van der Waals surface area (Å²) in [5.74, 6) is -0.455. The predicted molar refractivity (Wildman–Crippen MR) is 87.1 cm³/mol. The summed E-state index contributed by atoms with van der Waals surface area (Å²) in [5, 5.41) is 2.84. The lowest BCUT2D eigenvalue weighted by Gasteiger charge is -2.31. The number of hydrogen-bond donors (Lipinski definition) is 1. The van der Waals surface area contributed by atoms with Gasteiger partial charge in [0.1, 0.15) is 12.9 Å². The van der Waals surface area contributed by atoms with Crippen molar-refractivity contribution in [3.63, 3.8) is 0 Å². The Hall–Kier alpha value is -1.20. The number of ether oxygens (including phenoxy) is 2. The van der Waals surface area contributed by atoms with Crippen LogP contribution >= 0.6 is 0 Å². The Morgan fingerprint density at radius 1 is 1.23 bits per heavy atom. The van der Waals surface area contributed by atoms with Gasteiger partial charge in [-0.2, -0.15) is 0 Å². The number of esters is 1. The van der Waals surface area contributed by atoms with Crippen molar-refractivity contribution >= 4 is 19.3 Å². The summed E-state index contributed by atoms with van der Waals surface area (Å²) in [6.45, 7) is 7.90. The fraction of sp³-hybridized carbons (Fsp3) is 0.875. The molecule has 1 aliphatic rings. The van der Waals surface area contributed by atoms with Crippen molar-refractivity contribution < 1.29 is 19.1 Å². The summed E-state index contributed by atoms with van der Waals surface area (Å²) < 4.78 is 10.6. The molecule has 0 unspecified atom stereocenters. The van der Waals surface area contributed by atoms with Crippen LogP contribution in [0.5, 0.6) is 0 Å². The first kappa shape index (κ1) is 18.9. The summed E-state index contributed by atoms with van der Waals surface area (Å²) >= 11 is 0. The minimum absolute atomic E-state index is 0.186. The van der Waals surface area contributed by atoms with E-state index in [0.717, 1.165) is 38.4 Å². The number of carbonyl (C=O) groups excluding carboxylic acids is 2. The third kappa shape index (κ3) is 7.18. The fourth-order valence-electron chi connectivity index (χ4n) is 2.61. The van der Waals surface area contributed by atoms with Crippen LogP contribution in [-0.4, -0.2) is 37.6 Å². The Morgan fingerprint density at radius 3 is 2.55 bits per heavy atom. The van der Waals surface area contributed by atoms with E-state index in [-0.39, 0.29) is 17.9 Å². The van der Waals surface area contributed by atoms with E-state index in [1.54, 1.807) is 0 Å². The molecule has 125 valence electrons. The van der Waals surface area contributed by atoms with Crippen molar-refractivity contribution in [2.24, 2.45) is 5.92 Å². The molecule has 1 rings (SSSR count). The molecule has 0 heterocycles. The van der Waals surface area contributed by atoms with E-state index < -0.39 is 11.7 Å². The summed E-state index contributed by atoms with van der Waals surface area (Å²) in [7, 11) is 2.06. The van der Waals surface area contributed by atoms with Crippen molar-refractivity contribution in [2.45, 2.75) is 77.7 Å². The Labute approximate surface area is 134 Å². The maximum absolute atomic E-state index is 12.2. The summed E-state index contributed by atoms with van der Waals surface area (Å²) in [4.78, 5) is 24.1. The quantitative estimate of drug-likeness (QED) is 0.465. The van der Waals surface area contributed by atoms with E-state index in [1.165, 1.54) is 0 Å². The molecule has 0 aromatic heterocycles. The SMILES string of the molecule is C[B]CCCOC(=O)[C@H]1CCCC[C@@H]1NC(=O)OC(C)(C)C. The van der Waals surface area contributed by atoms with Crippen molar-refractivity contribution in [2.75, 3.05) is 6.61 Å². The molecular weight excluding hydrogens is 281 g/mol. The van der Waals surface area contributed by atoms with Gasteiger partial charge < -0.3 is 14.8 Å². The van der Waals surface area contributed by atoms with Gasteiger partial charge in [0.25, 0.3) is 0 Å². The van der Waals surface area contributed by atoms with E-state index in [1.807, 2.05) is 27.6 Å². The molecule has 0 aromatic carbocycles. The standard InChI is InChI=1S/C16H29BNO4/c1-16(2,3)22-15(20)18-13-9-6-5-8-12(13)14(19)21-11-7-10-17-4/h12-13H,5-11H2,1-4H3,(H,18,20)/t12-,13-/m0/s1. The molecule has 1 amide bonds. The van der Waals surface area contributed by atoms with E-state index >= 15 is 0 Å². The van der Waals surface area contributed by atoms with E-state index in [0.29, 0.717) is 6.61 Å². The van der Waals surface area contributed by atoms with Crippen molar-refractivity contribution in [1.82, 2.24) is 5.32 Å². The molecule has 0 spiro atoms. The van der Waals surface area contributed by atoms with Crippen LogP contribution in [0.15, 0.2) is 0 Å². The van der Waals surface area contributed by atoms with Crippen LogP contribution in [0.4, 0.5) is 4.79 Å². The molecule has 0 aliphatic heterocycles. The normalized spacial score (nSPS) is 21.8. The lowest BCUT2D eigenvalue weighted by atomic mass is 9.77. The predicted octanol–water partition coefficient (Wildman–Crippen LogP) is 3.17. The molecule has 0 aromatic rings. The van der Waals surface area contributed by atoms with Crippen LogP contribution in [0.25, 0.3) is 0 Å². The minimum atomic E-state index is -0.536. The summed E-state index contributed by atoms with van der Waals surface area (Å²) in [6, 6.07) is -0.186. The molecule has 0 saturated heterocycles. The van der Waals surface area contributed by atoms with Crippen LogP contribution in [0.2, 0.25) is 13.1 Å². The van der Waals surface area contributed by atoms with Gasteiger partial charge in [0.05, 0.1) is 12.5 Å². The number of rotatable bonds is 6. The van der Waals surface area contributed by atoms with Crippen LogP contribution in [0.1, 0.15) is 52.9 Å². The van der Waals surface area contributed by atoms with Crippen LogP contribution < -0.4 is 5.32 Å². The number of amides is 1. The zero-order chi connectivity index (χ0) is 16.6. The molecule has 1 saturated carbocycles. The zero-order valence-electron chi connectivity index (χ0n) is 14.3. The van der Waals surface area contributed by atoms with Gasteiger partial charge in [-0.05, 0) is 40.0 Å². The van der Waals surface area contributed by atoms with E-state index in [2.05, 4.69) is 12.6 Å². The largest absolute Gasteiger partial charge is 0.465 e. The van der Waals surface area contributed by atoms with Gasteiger partial charge in [-0.25, -0.2) is 4.79 Å². The maximum atomic E-state index is 12.2. The molecular formula is C16H29BNO4. The first-order chi connectivity index (χ1) is 10.3. The Kier molecular flexibility index (Phi) is 7.76. The third-order valence-corrected chi connectivity index (χ3v) is 3.65. The molecule has 1 N–H and O–H groups in total. The number of hydrogen-bond acceptors (Lipinski definition) is 4. The van der Waals surface area contributed by atoms with Crippen LogP contribution in [-0.2, 0) is 14.3 Å². The highest BCUT2D eigenvalue weighted by Gasteiger charge is 2.34. The third-order valence-electron chi connectivity index (χ3n) is 3.65. The zero-order valence-corrected chi connectivity index (χ0v) is 14.3. The molecule has 22 heavy (non-hydrogen) atoms. The molecule has 2 atom stereocenters. The highest BCUT2D eigenvalue weighted by atomic mass is 16.6. The monoisotopic (exact) mass is 310 g/mol. The summed E-state index contributed by atoms with van der Waals surface area (Å²) in [6.07, 6.45) is 4.89. The second kappa shape index (κ2) is 9.06. The van der Waals surface area contributed by atoms with E-state index in [4.69, 9.17) is 9.47 Å². The molecule has 6 heteroatoms. The van der Waals surface area contributed by atoms with E-state index in [9.17, 15) is 9.59 Å². The average molecular weight is 310 g/mol. The Morgan fingerprint density at radius 2 is 1.91 bits per heavy atom. The maximum Gasteiger partial charge on any atom is 0.407 e. The van der Waals surface area contributed by atoms with Gasteiger partial charge >= 0.3 is 12.1 Å². The van der Waals surface area contributed by atoms with Crippen molar-refractivity contribution in [3.05, 3.63) is 0 Å². The van der Waals surface area contributed by atoms with Crippen molar-refractivity contribution in [1.29, 1.82) is 0 Å². The van der Waals surface area contributed by atoms with Crippen LogP contribution in [0, 0.1) is 5.92 Å². The first-order valence-electron chi connectivity index (χ1n) is 8.27. The van der Waals surface area contributed by atoms with Crippen LogP contribution in [0.3, 0.4) is 0 Å². The molecule has 1 fully saturated rings. The molecule has 0 bridgehead atoms. The average Bonchev–Trinajstić information content (AvgIpc) is 2.42. The number of alkyl carbamates (subject to hydrolysis) is 1. The van der Waals surface area contributed by atoms with Gasteiger partial charge in [0.15, 0.2) is 0 Å². The Bertz CT molecular complexity index is 368. The van der Waals surface area contributed by atoms with Gasteiger partial charge in [-0.1, -0.05) is 26.0 Å². The van der Waals surface area contributed by atoms with Gasteiger partial charge in [-0.3, -0.25) is 4.79 Å². The smallest absolute Gasteiger partial charge is 0.407 e. The summed E-state index contributed by atoms with van der Waals surface area (Å²) in [5.41, 5.74) is -0.536. The Balaban J connectivity index is 2.48. The number of carbonyl (C=O) groups is 2. The van der Waals surface area contributed by atoms with Gasteiger partial charge in [0, 0.05) is 6.04 Å². The van der Waals surface area contributed by atoms with Crippen molar-refractivity contribution in [3.8, 4) is 0 Å². The highest BCUT2D eigenvalue weighted by Crippen LogP contribution is 2.26. The molecule has 1 aliphatic carbocycles. The lowest BCUT2D eigenvalue weighted by molar-refractivity contribution is -0.150. The molecule has 1 radical (unpaired) electrons. The fourth-order valence-corrected chi connectivity index (χ4v) is 2.61. The highest BCUT2D eigenvalue weighted by molar-refractivity contribution is 6.33. The van der Waals surface area contributed by atoms with Gasteiger partial charge in [-0.15, -0.1) is 0 Å². The number of nitrogens with one attached hydrogen (secondary N) is 1. The lowest BCUT2D eigenvalue weighted by Crippen LogP contribution is -2.47. The van der Waals surface area contributed by atoms with Gasteiger partial charge in [0.2, 0.25) is 0 Å². The second-order valence-electron chi connectivity index (χ2n) is 6.86. The first-order valence-corrected chi connectivity index (χ1v) is 8.27. The minimum Gasteiger partial charge on any atom is -0.465 e. The topological polar surface area (TPSA) is 64.6 Å².